The minimum Gasteiger partial charge on any atom is -0.396 e. The molecule has 1 saturated carbocycles. The second-order valence-electron chi connectivity index (χ2n) is 6.33. The van der Waals surface area contributed by atoms with Crippen molar-refractivity contribution < 1.29 is 22.3 Å². The van der Waals surface area contributed by atoms with Crippen LogP contribution in [0.2, 0.25) is 0 Å². The highest BCUT2D eigenvalue weighted by Gasteiger charge is 2.42. The van der Waals surface area contributed by atoms with Gasteiger partial charge < -0.3 is 5.11 Å². The lowest BCUT2D eigenvalue weighted by molar-refractivity contribution is 0.0487. The van der Waals surface area contributed by atoms with Crippen molar-refractivity contribution >= 4 is 10.0 Å². The lowest BCUT2D eigenvalue weighted by atomic mass is 9.61. The molecule has 8 heteroatoms. The summed E-state index contributed by atoms with van der Waals surface area (Å²) in [6, 6.07) is 2.97. The normalized spacial score (nSPS) is 17.8. The van der Waals surface area contributed by atoms with Crippen molar-refractivity contribution in [2.75, 3.05) is 13.2 Å². The first-order chi connectivity index (χ1) is 11.3. The Bertz CT molecular complexity index is 732. The van der Waals surface area contributed by atoms with E-state index in [1.165, 1.54) is 0 Å². The molecular formula is C16H20F2N2O3S. The predicted molar refractivity (Wildman–Crippen MR) is 83.4 cm³/mol. The molecule has 2 N–H and O–H groups in total. The lowest BCUT2D eigenvalue weighted by Crippen LogP contribution is -2.46. The quantitative estimate of drug-likeness (QED) is 0.783. The summed E-state index contributed by atoms with van der Waals surface area (Å²) in [6.07, 6.45) is 3.10. The van der Waals surface area contributed by atoms with Gasteiger partial charge in [-0.1, -0.05) is 13.3 Å². The van der Waals surface area contributed by atoms with E-state index in [-0.39, 0.29) is 30.0 Å². The number of nitriles is 1. The van der Waals surface area contributed by atoms with Gasteiger partial charge in [0.25, 0.3) is 0 Å². The minimum absolute atomic E-state index is 0.00848. The summed E-state index contributed by atoms with van der Waals surface area (Å²) in [7, 11) is -4.38. The van der Waals surface area contributed by atoms with Gasteiger partial charge in [-0.2, -0.15) is 5.26 Å². The monoisotopic (exact) mass is 358 g/mol. The van der Waals surface area contributed by atoms with Crippen molar-refractivity contribution in [3.05, 3.63) is 29.3 Å². The van der Waals surface area contributed by atoms with E-state index in [0.717, 1.165) is 19.3 Å². The van der Waals surface area contributed by atoms with Gasteiger partial charge in [-0.05, 0) is 42.7 Å². The highest BCUT2D eigenvalue weighted by atomic mass is 32.2. The molecule has 1 aliphatic rings. The third kappa shape index (κ3) is 3.58. The smallest absolute Gasteiger partial charge is 0.246 e. The molecule has 0 aromatic heterocycles. The van der Waals surface area contributed by atoms with Crippen LogP contribution in [0.3, 0.4) is 0 Å². The van der Waals surface area contributed by atoms with Crippen LogP contribution in [0.4, 0.5) is 8.78 Å². The van der Waals surface area contributed by atoms with E-state index in [1.54, 1.807) is 6.07 Å². The highest BCUT2D eigenvalue weighted by molar-refractivity contribution is 7.89. The first-order valence-corrected chi connectivity index (χ1v) is 9.24. The van der Waals surface area contributed by atoms with Gasteiger partial charge in [0.05, 0.1) is 11.6 Å². The van der Waals surface area contributed by atoms with Gasteiger partial charge in [-0.3, -0.25) is 0 Å². The Morgan fingerprint density at radius 1 is 1.38 bits per heavy atom. The molecule has 0 saturated heterocycles. The van der Waals surface area contributed by atoms with Crippen molar-refractivity contribution in [1.29, 1.82) is 5.26 Å². The Kier molecular flexibility index (Phi) is 5.58. The Labute approximate surface area is 140 Å². The van der Waals surface area contributed by atoms with Gasteiger partial charge in [0, 0.05) is 13.2 Å². The Morgan fingerprint density at radius 2 is 1.96 bits per heavy atom. The number of rotatable bonds is 7. The molecule has 1 aromatic rings. The minimum atomic E-state index is -4.38. The van der Waals surface area contributed by atoms with Crippen LogP contribution in [0.1, 0.15) is 38.2 Å². The fourth-order valence-corrected chi connectivity index (χ4v) is 4.42. The number of benzene rings is 1. The van der Waals surface area contributed by atoms with Crippen LogP contribution in [0.25, 0.3) is 0 Å². The number of aliphatic hydroxyl groups is 1. The van der Waals surface area contributed by atoms with E-state index in [4.69, 9.17) is 10.4 Å². The van der Waals surface area contributed by atoms with Gasteiger partial charge in [-0.25, -0.2) is 21.9 Å². The second-order valence-corrected chi connectivity index (χ2v) is 8.04. The number of hydrogen-bond donors (Lipinski definition) is 2. The third-order valence-electron chi connectivity index (χ3n) is 4.97. The SMILES string of the molecule is C[C@@H](CCO)C1(CNS(=O)(=O)c2c(F)cc(C#N)cc2F)CCC1. The largest absolute Gasteiger partial charge is 0.396 e. The molecule has 0 radical (unpaired) electrons. The van der Waals surface area contributed by atoms with Crippen molar-refractivity contribution in [3.8, 4) is 6.07 Å². The third-order valence-corrected chi connectivity index (χ3v) is 6.42. The molecule has 0 bridgehead atoms. The maximum Gasteiger partial charge on any atom is 0.246 e. The van der Waals surface area contributed by atoms with Crippen LogP contribution in [0, 0.1) is 34.3 Å². The second kappa shape index (κ2) is 7.13. The summed E-state index contributed by atoms with van der Waals surface area (Å²) in [6.45, 7) is 2.01. The molecule has 0 spiro atoms. The molecule has 2 rings (SSSR count). The molecule has 0 heterocycles. The predicted octanol–water partition coefficient (Wildman–Crippen LogP) is 2.30. The summed E-state index contributed by atoms with van der Waals surface area (Å²) < 4.78 is 54.8. The van der Waals surface area contributed by atoms with Crippen LogP contribution < -0.4 is 4.72 Å². The average molecular weight is 358 g/mol. The van der Waals surface area contributed by atoms with E-state index in [0.29, 0.717) is 18.6 Å². The number of aliphatic hydroxyl groups excluding tert-OH is 1. The standard InChI is InChI=1S/C16H20F2N2O3S/c1-11(3-6-21)16(4-2-5-16)10-20-24(22,23)15-13(17)7-12(9-19)8-14(15)18/h7-8,11,20-21H,2-6,10H2,1H3/t11-/m0/s1. The van der Waals surface area contributed by atoms with E-state index < -0.39 is 26.6 Å². The van der Waals surface area contributed by atoms with Gasteiger partial charge in [0.15, 0.2) is 4.90 Å². The molecular weight excluding hydrogens is 338 g/mol. The summed E-state index contributed by atoms with van der Waals surface area (Å²) >= 11 is 0. The summed E-state index contributed by atoms with van der Waals surface area (Å²) in [5.74, 6) is -2.48. The molecule has 0 aliphatic heterocycles. The zero-order chi connectivity index (χ0) is 18.0. The molecule has 1 aromatic carbocycles. The Balaban J connectivity index is 2.22. The number of nitrogens with one attached hydrogen (secondary N) is 1. The van der Waals surface area contributed by atoms with Crippen LogP contribution in [-0.4, -0.2) is 26.7 Å². The average Bonchev–Trinajstić information content (AvgIpc) is 2.45. The van der Waals surface area contributed by atoms with Crippen LogP contribution in [0.15, 0.2) is 17.0 Å². The van der Waals surface area contributed by atoms with Crippen molar-refractivity contribution in [3.63, 3.8) is 0 Å². The maximum absolute atomic E-state index is 13.9. The van der Waals surface area contributed by atoms with Crippen molar-refractivity contribution in [2.24, 2.45) is 11.3 Å². The first-order valence-electron chi connectivity index (χ1n) is 7.75. The molecule has 1 atom stereocenters. The van der Waals surface area contributed by atoms with E-state index in [2.05, 4.69) is 4.72 Å². The number of sulfonamides is 1. The Morgan fingerprint density at radius 3 is 2.38 bits per heavy atom. The van der Waals surface area contributed by atoms with Crippen molar-refractivity contribution in [1.82, 2.24) is 4.72 Å². The number of halogens is 2. The lowest BCUT2D eigenvalue weighted by Gasteiger charge is -2.46. The molecule has 132 valence electrons. The fourth-order valence-electron chi connectivity index (χ4n) is 3.17. The molecule has 5 nitrogen and oxygen atoms in total. The van der Waals surface area contributed by atoms with Gasteiger partial charge in [-0.15, -0.1) is 0 Å². The summed E-state index contributed by atoms with van der Waals surface area (Å²) in [5, 5.41) is 17.8. The molecule has 1 fully saturated rings. The molecule has 0 amide bonds. The topological polar surface area (TPSA) is 90.2 Å². The van der Waals surface area contributed by atoms with E-state index >= 15 is 0 Å². The van der Waals surface area contributed by atoms with Crippen LogP contribution >= 0.6 is 0 Å². The maximum atomic E-state index is 13.9. The number of hydrogen-bond acceptors (Lipinski definition) is 4. The molecule has 0 unspecified atom stereocenters. The van der Waals surface area contributed by atoms with E-state index in [1.807, 2.05) is 6.92 Å². The van der Waals surface area contributed by atoms with Crippen molar-refractivity contribution in [2.45, 2.75) is 37.5 Å². The van der Waals surface area contributed by atoms with Gasteiger partial charge >= 0.3 is 0 Å². The van der Waals surface area contributed by atoms with Gasteiger partial charge in [0.1, 0.15) is 11.6 Å². The van der Waals surface area contributed by atoms with E-state index in [9.17, 15) is 17.2 Å². The zero-order valence-electron chi connectivity index (χ0n) is 13.3. The Hall–Kier alpha value is -1.56. The van der Waals surface area contributed by atoms with Crippen LogP contribution in [-0.2, 0) is 10.0 Å². The van der Waals surface area contributed by atoms with Gasteiger partial charge in [0.2, 0.25) is 10.0 Å². The first kappa shape index (κ1) is 18.8. The van der Waals surface area contributed by atoms with Crippen LogP contribution in [0.5, 0.6) is 0 Å². The number of nitrogens with zero attached hydrogens (tertiary/aromatic N) is 1. The summed E-state index contributed by atoms with van der Waals surface area (Å²) in [4.78, 5) is -1.06. The molecule has 24 heavy (non-hydrogen) atoms. The fraction of sp³-hybridized carbons (Fsp3) is 0.562. The summed E-state index contributed by atoms with van der Waals surface area (Å²) in [5.41, 5.74) is -0.578. The highest BCUT2D eigenvalue weighted by Crippen LogP contribution is 2.48. The molecule has 1 aliphatic carbocycles. The zero-order valence-corrected chi connectivity index (χ0v) is 14.2.